The van der Waals surface area contributed by atoms with Crippen molar-refractivity contribution in [2.45, 2.75) is 37.0 Å². The van der Waals surface area contributed by atoms with E-state index in [0.717, 1.165) is 13.1 Å². The first kappa shape index (κ1) is 13.9. The van der Waals surface area contributed by atoms with Crippen LogP contribution in [-0.4, -0.2) is 22.5 Å². The molecule has 1 fully saturated rings. The Hall–Kier alpha value is -1.06. The normalized spacial score (nSPS) is 17.6. The topological polar surface area (TPSA) is 24.9 Å². The zero-order valence-electron chi connectivity index (χ0n) is 12.1. The minimum absolute atomic E-state index is 0.478. The molecule has 1 aromatic heterocycles. The van der Waals surface area contributed by atoms with Gasteiger partial charge in [0.15, 0.2) is 0 Å². The summed E-state index contributed by atoms with van der Waals surface area (Å²) in [7, 11) is 0. The molecular formula is C17H22N2S. The Morgan fingerprint density at radius 1 is 1.25 bits per heavy atom. The SMILES string of the molecule is CSC1(CNCc2cccc3cnccc23)CCCC1. The molecule has 0 saturated heterocycles. The zero-order chi connectivity index (χ0) is 13.8. The van der Waals surface area contributed by atoms with Crippen molar-refractivity contribution in [3.63, 3.8) is 0 Å². The van der Waals surface area contributed by atoms with Gasteiger partial charge in [-0.3, -0.25) is 4.98 Å². The minimum atomic E-state index is 0.478. The summed E-state index contributed by atoms with van der Waals surface area (Å²) in [6, 6.07) is 8.59. The van der Waals surface area contributed by atoms with Gasteiger partial charge < -0.3 is 5.32 Å². The van der Waals surface area contributed by atoms with E-state index in [-0.39, 0.29) is 0 Å². The van der Waals surface area contributed by atoms with E-state index in [0.29, 0.717) is 4.75 Å². The fraction of sp³-hybridized carbons (Fsp3) is 0.471. The predicted molar refractivity (Wildman–Crippen MR) is 88.2 cm³/mol. The van der Waals surface area contributed by atoms with Gasteiger partial charge in [-0.2, -0.15) is 11.8 Å². The van der Waals surface area contributed by atoms with Crippen molar-refractivity contribution in [3.8, 4) is 0 Å². The van der Waals surface area contributed by atoms with Gasteiger partial charge in [-0.25, -0.2) is 0 Å². The monoisotopic (exact) mass is 286 g/mol. The molecule has 106 valence electrons. The van der Waals surface area contributed by atoms with Gasteiger partial charge in [-0.05, 0) is 36.1 Å². The summed E-state index contributed by atoms with van der Waals surface area (Å²) in [5.74, 6) is 0. The van der Waals surface area contributed by atoms with Crippen LogP contribution in [0.15, 0.2) is 36.7 Å². The highest BCUT2D eigenvalue weighted by Crippen LogP contribution is 2.39. The van der Waals surface area contributed by atoms with Crippen LogP contribution >= 0.6 is 11.8 Å². The van der Waals surface area contributed by atoms with Crippen molar-refractivity contribution < 1.29 is 0 Å². The maximum atomic E-state index is 4.20. The number of rotatable bonds is 5. The molecule has 0 radical (unpaired) electrons. The van der Waals surface area contributed by atoms with Crippen LogP contribution in [0.25, 0.3) is 10.8 Å². The molecule has 0 unspecified atom stereocenters. The number of thioether (sulfide) groups is 1. The molecule has 2 aromatic rings. The number of hydrogen-bond acceptors (Lipinski definition) is 3. The molecule has 0 bridgehead atoms. The van der Waals surface area contributed by atoms with Gasteiger partial charge in [0.2, 0.25) is 0 Å². The number of fused-ring (bicyclic) bond motifs is 1. The third-order valence-corrected chi connectivity index (χ3v) is 5.90. The van der Waals surface area contributed by atoms with Gasteiger partial charge in [0, 0.05) is 35.6 Å². The van der Waals surface area contributed by atoms with Crippen LogP contribution in [0.1, 0.15) is 31.2 Å². The third kappa shape index (κ3) is 2.84. The molecule has 1 saturated carbocycles. The average Bonchev–Trinajstić information content (AvgIpc) is 2.97. The van der Waals surface area contributed by atoms with Crippen molar-refractivity contribution in [1.29, 1.82) is 0 Å². The summed E-state index contributed by atoms with van der Waals surface area (Å²) in [5, 5.41) is 6.23. The summed E-state index contributed by atoms with van der Waals surface area (Å²) in [4.78, 5) is 4.20. The second-order valence-corrected chi connectivity index (χ2v) is 6.99. The number of nitrogens with one attached hydrogen (secondary N) is 1. The lowest BCUT2D eigenvalue weighted by atomic mass is 10.1. The Morgan fingerprint density at radius 3 is 2.90 bits per heavy atom. The van der Waals surface area contributed by atoms with E-state index in [9.17, 15) is 0 Å². The van der Waals surface area contributed by atoms with Crippen LogP contribution in [0, 0.1) is 0 Å². The van der Waals surface area contributed by atoms with Crippen molar-refractivity contribution >= 4 is 22.5 Å². The van der Waals surface area contributed by atoms with Crippen LogP contribution in [0.4, 0.5) is 0 Å². The average molecular weight is 286 g/mol. The molecule has 0 spiro atoms. The molecule has 3 heteroatoms. The lowest BCUT2D eigenvalue weighted by Gasteiger charge is -2.27. The second kappa shape index (κ2) is 6.15. The smallest absolute Gasteiger partial charge is 0.0346 e. The fourth-order valence-corrected chi connectivity index (χ4v) is 4.18. The Kier molecular flexibility index (Phi) is 4.27. The lowest BCUT2D eigenvalue weighted by Crippen LogP contribution is -2.34. The van der Waals surface area contributed by atoms with Crippen LogP contribution in [0.3, 0.4) is 0 Å². The summed E-state index contributed by atoms with van der Waals surface area (Å²) >= 11 is 2.05. The van der Waals surface area contributed by atoms with Crippen LogP contribution < -0.4 is 5.32 Å². The maximum Gasteiger partial charge on any atom is 0.0346 e. The van der Waals surface area contributed by atoms with E-state index in [1.807, 2.05) is 24.2 Å². The summed E-state index contributed by atoms with van der Waals surface area (Å²) < 4.78 is 0.478. The number of aromatic nitrogens is 1. The number of pyridine rings is 1. The van der Waals surface area contributed by atoms with Gasteiger partial charge >= 0.3 is 0 Å². The fourth-order valence-electron chi connectivity index (χ4n) is 3.24. The van der Waals surface area contributed by atoms with E-state index in [1.165, 1.54) is 42.0 Å². The van der Waals surface area contributed by atoms with Gasteiger partial charge in [-0.1, -0.05) is 31.0 Å². The van der Waals surface area contributed by atoms with E-state index in [1.54, 1.807) is 0 Å². The zero-order valence-corrected chi connectivity index (χ0v) is 12.9. The van der Waals surface area contributed by atoms with Crippen molar-refractivity contribution in [3.05, 3.63) is 42.2 Å². The quantitative estimate of drug-likeness (QED) is 0.899. The Bertz CT molecular complexity index is 571. The lowest BCUT2D eigenvalue weighted by molar-refractivity contribution is 0.534. The molecular weight excluding hydrogens is 264 g/mol. The Balaban J connectivity index is 1.68. The Labute approximate surface area is 125 Å². The van der Waals surface area contributed by atoms with Crippen LogP contribution in [0.2, 0.25) is 0 Å². The van der Waals surface area contributed by atoms with Crippen molar-refractivity contribution in [2.75, 3.05) is 12.8 Å². The highest BCUT2D eigenvalue weighted by molar-refractivity contribution is 8.00. The predicted octanol–water partition coefficient (Wildman–Crippen LogP) is 4.00. The van der Waals surface area contributed by atoms with Gasteiger partial charge in [0.05, 0.1) is 0 Å². The Morgan fingerprint density at radius 2 is 2.10 bits per heavy atom. The molecule has 1 aliphatic rings. The van der Waals surface area contributed by atoms with Gasteiger partial charge in [0.25, 0.3) is 0 Å². The van der Waals surface area contributed by atoms with Crippen molar-refractivity contribution in [2.24, 2.45) is 0 Å². The van der Waals surface area contributed by atoms with E-state index >= 15 is 0 Å². The van der Waals surface area contributed by atoms with E-state index < -0.39 is 0 Å². The number of hydrogen-bond donors (Lipinski definition) is 1. The van der Waals surface area contributed by atoms with Crippen molar-refractivity contribution in [1.82, 2.24) is 10.3 Å². The molecule has 1 aliphatic carbocycles. The van der Waals surface area contributed by atoms with Crippen LogP contribution in [0.5, 0.6) is 0 Å². The van der Waals surface area contributed by atoms with Gasteiger partial charge in [0.1, 0.15) is 0 Å². The minimum Gasteiger partial charge on any atom is -0.311 e. The van der Waals surface area contributed by atoms with E-state index in [2.05, 4.69) is 40.8 Å². The van der Waals surface area contributed by atoms with Crippen LogP contribution in [-0.2, 0) is 6.54 Å². The van der Waals surface area contributed by atoms with E-state index in [4.69, 9.17) is 0 Å². The first-order valence-corrected chi connectivity index (χ1v) is 8.63. The molecule has 2 nitrogen and oxygen atoms in total. The molecule has 0 aliphatic heterocycles. The summed E-state index contributed by atoms with van der Waals surface area (Å²) in [6.07, 6.45) is 11.6. The highest BCUT2D eigenvalue weighted by Gasteiger charge is 2.32. The maximum absolute atomic E-state index is 4.20. The standard InChI is InChI=1S/C17H22N2S/c1-20-17(8-2-3-9-17)13-19-12-15-6-4-5-14-11-18-10-7-16(14)15/h4-7,10-11,19H,2-3,8-9,12-13H2,1H3. The molecule has 20 heavy (non-hydrogen) atoms. The third-order valence-electron chi connectivity index (χ3n) is 4.48. The molecule has 1 N–H and O–H groups in total. The summed E-state index contributed by atoms with van der Waals surface area (Å²) in [5.41, 5.74) is 1.37. The molecule has 1 heterocycles. The number of nitrogens with zero attached hydrogens (tertiary/aromatic N) is 1. The molecule has 0 amide bonds. The highest BCUT2D eigenvalue weighted by atomic mass is 32.2. The first-order valence-electron chi connectivity index (χ1n) is 7.40. The largest absolute Gasteiger partial charge is 0.311 e. The van der Waals surface area contributed by atoms with Gasteiger partial charge in [-0.15, -0.1) is 0 Å². The molecule has 0 atom stereocenters. The number of benzene rings is 1. The molecule has 1 aromatic carbocycles. The second-order valence-electron chi connectivity index (χ2n) is 5.71. The summed E-state index contributed by atoms with van der Waals surface area (Å²) in [6.45, 7) is 2.07. The first-order chi connectivity index (χ1) is 9.83. The molecule has 3 rings (SSSR count).